The molecule has 1 heterocycles. The summed E-state index contributed by atoms with van der Waals surface area (Å²) in [7, 11) is 0. The maximum atomic E-state index is 12.3. The van der Waals surface area contributed by atoms with Gasteiger partial charge in [0, 0.05) is 18.7 Å². The first-order valence-corrected chi connectivity index (χ1v) is 6.26. The van der Waals surface area contributed by atoms with Gasteiger partial charge in [0.15, 0.2) is 0 Å². The van der Waals surface area contributed by atoms with Gasteiger partial charge in [-0.25, -0.2) is 0 Å². The summed E-state index contributed by atoms with van der Waals surface area (Å²) in [4.78, 5) is 14.2. The molecule has 3 nitrogen and oxygen atoms in total. The molecule has 1 fully saturated rings. The van der Waals surface area contributed by atoms with Crippen LogP contribution in [0.3, 0.4) is 0 Å². The zero-order chi connectivity index (χ0) is 12.3. The Morgan fingerprint density at radius 3 is 2.76 bits per heavy atom. The molecule has 1 atom stereocenters. The van der Waals surface area contributed by atoms with E-state index in [0.29, 0.717) is 12.5 Å². The summed E-state index contributed by atoms with van der Waals surface area (Å²) in [6, 6.07) is 7.78. The number of piperidine rings is 1. The molecule has 0 spiro atoms. The van der Waals surface area contributed by atoms with E-state index in [4.69, 9.17) is 5.73 Å². The van der Waals surface area contributed by atoms with Crippen LogP contribution in [0.5, 0.6) is 0 Å². The minimum atomic E-state index is 0.142. The topological polar surface area (TPSA) is 46.3 Å². The lowest BCUT2D eigenvalue weighted by atomic mass is 9.97. The summed E-state index contributed by atoms with van der Waals surface area (Å²) in [6.07, 6.45) is 2.22. The molecule has 17 heavy (non-hydrogen) atoms. The Balaban J connectivity index is 2.06. The molecule has 92 valence electrons. The van der Waals surface area contributed by atoms with E-state index >= 15 is 0 Å². The molecule has 1 aliphatic rings. The van der Waals surface area contributed by atoms with Crippen LogP contribution in [0.4, 0.5) is 0 Å². The van der Waals surface area contributed by atoms with Gasteiger partial charge in [0.2, 0.25) is 0 Å². The van der Waals surface area contributed by atoms with Gasteiger partial charge in [-0.1, -0.05) is 17.7 Å². The van der Waals surface area contributed by atoms with Crippen molar-refractivity contribution in [1.29, 1.82) is 0 Å². The summed E-state index contributed by atoms with van der Waals surface area (Å²) in [5, 5.41) is 0. The summed E-state index contributed by atoms with van der Waals surface area (Å²) in [5.74, 6) is 0.612. The summed E-state index contributed by atoms with van der Waals surface area (Å²) in [6.45, 7) is 4.38. The van der Waals surface area contributed by atoms with Gasteiger partial charge in [-0.05, 0) is 44.4 Å². The maximum absolute atomic E-state index is 12.3. The fraction of sp³-hybridized carbons (Fsp3) is 0.500. The van der Waals surface area contributed by atoms with Gasteiger partial charge in [0.25, 0.3) is 5.91 Å². The van der Waals surface area contributed by atoms with Crippen molar-refractivity contribution in [3.63, 3.8) is 0 Å². The highest BCUT2D eigenvalue weighted by Gasteiger charge is 2.23. The third-order valence-corrected chi connectivity index (χ3v) is 3.44. The van der Waals surface area contributed by atoms with E-state index in [2.05, 4.69) is 0 Å². The molecule has 0 bridgehead atoms. The molecule has 3 heteroatoms. The molecule has 0 radical (unpaired) electrons. The van der Waals surface area contributed by atoms with Gasteiger partial charge in [0.05, 0.1) is 0 Å². The average Bonchev–Trinajstić information content (AvgIpc) is 2.39. The molecule has 2 rings (SSSR count). The van der Waals surface area contributed by atoms with Crippen molar-refractivity contribution >= 4 is 5.91 Å². The van der Waals surface area contributed by atoms with Crippen molar-refractivity contribution in [3.8, 4) is 0 Å². The van der Waals surface area contributed by atoms with Crippen molar-refractivity contribution in [3.05, 3.63) is 35.4 Å². The molecule has 1 amide bonds. The molecule has 0 unspecified atom stereocenters. The number of carbonyl (C=O) groups is 1. The molecule has 1 aromatic rings. The second-order valence-corrected chi connectivity index (χ2v) is 4.86. The Morgan fingerprint density at radius 1 is 1.41 bits per heavy atom. The van der Waals surface area contributed by atoms with Crippen molar-refractivity contribution in [2.75, 3.05) is 19.6 Å². The van der Waals surface area contributed by atoms with Crippen LogP contribution in [0.15, 0.2) is 24.3 Å². The Hall–Kier alpha value is -1.35. The van der Waals surface area contributed by atoms with Gasteiger partial charge in [-0.3, -0.25) is 4.79 Å². The van der Waals surface area contributed by atoms with E-state index in [9.17, 15) is 4.79 Å². The zero-order valence-electron chi connectivity index (χ0n) is 10.4. The predicted octanol–water partition coefficient (Wildman–Crippen LogP) is 1.81. The smallest absolute Gasteiger partial charge is 0.253 e. The van der Waals surface area contributed by atoms with Crippen molar-refractivity contribution in [2.45, 2.75) is 19.8 Å². The molecule has 0 saturated carbocycles. The lowest BCUT2D eigenvalue weighted by Crippen LogP contribution is -2.42. The van der Waals surface area contributed by atoms with Gasteiger partial charge in [-0.2, -0.15) is 0 Å². The molecular formula is C14H20N2O. The van der Waals surface area contributed by atoms with Crippen molar-refractivity contribution in [1.82, 2.24) is 4.90 Å². The number of aryl methyl sites for hydroxylation is 1. The van der Waals surface area contributed by atoms with E-state index in [-0.39, 0.29) is 5.91 Å². The zero-order valence-corrected chi connectivity index (χ0v) is 10.4. The number of amides is 1. The standard InChI is InChI=1S/C14H20N2O/c1-11-4-6-13(7-5-11)14(17)16-8-2-3-12(9-15)10-16/h4-7,12H,2-3,8-10,15H2,1H3/t12-/m0/s1. The molecule has 1 aromatic carbocycles. The fourth-order valence-electron chi connectivity index (χ4n) is 2.32. The van der Waals surface area contributed by atoms with Crippen LogP contribution in [0, 0.1) is 12.8 Å². The Morgan fingerprint density at radius 2 is 2.12 bits per heavy atom. The van der Waals surface area contributed by atoms with Crippen LogP contribution in [-0.2, 0) is 0 Å². The predicted molar refractivity (Wildman–Crippen MR) is 68.9 cm³/mol. The maximum Gasteiger partial charge on any atom is 0.253 e. The van der Waals surface area contributed by atoms with Gasteiger partial charge < -0.3 is 10.6 Å². The second-order valence-electron chi connectivity index (χ2n) is 4.86. The van der Waals surface area contributed by atoms with E-state index in [1.54, 1.807) is 0 Å². The Bertz CT molecular complexity index is 386. The normalized spacial score (nSPS) is 20.4. The van der Waals surface area contributed by atoms with Crippen LogP contribution in [-0.4, -0.2) is 30.4 Å². The van der Waals surface area contributed by atoms with E-state index in [1.165, 1.54) is 5.56 Å². The number of nitrogens with two attached hydrogens (primary N) is 1. The molecule has 1 saturated heterocycles. The second kappa shape index (κ2) is 5.32. The van der Waals surface area contributed by atoms with E-state index in [1.807, 2.05) is 36.1 Å². The lowest BCUT2D eigenvalue weighted by molar-refractivity contribution is 0.0678. The van der Waals surface area contributed by atoms with Crippen LogP contribution in [0.1, 0.15) is 28.8 Å². The first-order valence-electron chi connectivity index (χ1n) is 6.26. The fourth-order valence-corrected chi connectivity index (χ4v) is 2.32. The monoisotopic (exact) mass is 232 g/mol. The van der Waals surface area contributed by atoms with Crippen molar-refractivity contribution < 1.29 is 4.79 Å². The molecule has 2 N–H and O–H groups in total. The minimum Gasteiger partial charge on any atom is -0.338 e. The third-order valence-electron chi connectivity index (χ3n) is 3.44. The first kappa shape index (κ1) is 12.1. The van der Waals surface area contributed by atoms with Crippen LogP contribution in [0.2, 0.25) is 0 Å². The molecule has 0 aromatic heterocycles. The Labute approximate surface area is 103 Å². The minimum absolute atomic E-state index is 0.142. The SMILES string of the molecule is Cc1ccc(C(=O)N2CCC[C@@H](CN)C2)cc1. The summed E-state index contributed by atoms with van der Waals surface area (Å²) < 4.78 is 0. The van der Waals surface area contributed by atoms with E-state index in [0.717, 1.165) is 31.5 Å². The van der Waals surface area contributed by atoms with Crippen molar-refractivity contribution in [2.24, 2.45) is 11.7 Å². The van der Waals surface area contributed by atoms with Gasteiger partial charge >= 0.3 is 0 Å². The van der Waals surface area contributed by atoms with Crippen LogP contribution in [0.25, 0.3) is 0 Å². The molecule has 0 aliphatic carbocycles. The Kier molecular flexibility index (Phi) is 3.79. The number of hydrogen-bond donors (Lipinski definition) is 1. The third kappa shape index (κ3) is 2.86. The average molecular weight is 232 g/mol. The summed E-state index contributed by atoms with van der Waals surface area (Å²) >= 11 is 0. The summed E-state index contributed by atoms with van der Waals surface area (Å²) in [5.41, 5.74) is 7.65. The highest BCUT2D eigenvalue weighted by molar-refractivity contribution is 5.94. The number of nitrogens with zero attached hydrogens (tertiary/aromatic N) is 1. The quantitative estimate of drug-likeness (QED) is 0.845. The molecule has 1 aliphatic heterocycles. The number of rotatable bonds is 2. The lowest BCUT2D eigenvalue weighted by Gasteiger charge is -2.32. The first-order chi connectivity index (χ1) is 8.20. The number of likely N-dealkylation sites (tertiary alicyclic amines) is 1. The van der Waals surface area contributed by atoms with E-state index < -0.39 is 0 Å². The highest BCUT2D eigenvalue weighted by atomic mass is 16.2. The molecular weight excluding hydrogens is 212 g/mol. The number of hydrogen-bond acceptors (Lipinski definition) is 2. The largest absolute Gasteiger partial charge is 0.338 e. The van der Waals surface area contributed by atoms with Gasteiger partial charge in [0.1, 0.15) is 0 Å². The number of benzene rings is 1. The number of carbonyl (C=O) groups excluding carboxylic acids is 1. The van der Waals surface area contributed by atoms with Gasteiger partial charge in [-0.15, -0.1) is 0 Å². The van der Waals surface area contributed by atoms with Crippen LogP contribution >= 0.6 is 0 Å². The highest BCUT2D eigenvalue weighted by Crippen LogP contribution is 2.17. The van der Waals surface area contributed by atoms with Crippen LogP contribution < -0.4 is 5.73 Å².